The molecule has 0 aromatic heterocycles. The van der Waals surface area contributed by atoms with Crippen LogP contribution in [0, 0.1) is 0 Å². The van der Waals surface area contributed by atoms with Crippen molar-refractivity contribution in [3.63, 3.8) is 0 Å². The fraction of sp³-hybridized carbons (Fsp3) is 0.222. The predicted octanol–water partition coefficient (Wildman–Crippen LogP) is 4.11. The molecule has 0 spiro atoms. The number of rotatable bonds is 2. The van der Waals surface area contributed by atoms with Gasteiger partial charge in [-0.2, -0.15) is 0 Å². The third-order valence-electron chi connectivity index (χ3n) is 3.84. The summed E-state index contributed by atoms with van der Waals surface area (Å²) >= 11 is 0. The molecule has 2 aromatic rings. The Bertz CT molecular complexity index is 569. The van der Waals surface area contributed by atoms with Crippen LogP contribution in [0.15, 0.2) is 60.7 Å². The second-order valence-corrected chi connectivity index (χ2v) is 5.12. The smallest absolute Gasteiger partial charge is 0.0303 e. The van der Waals surface area contributed by atoms with Gasteiger partial charge in [-0.25, -0.2) is 0 Å². The maximum atomic E-state index is 6.38. The van der Waals surface area contributed by atoms with Gasteiger partial charge in [-0.15, -0.1) is 0 Å². The molecular weight excluding hydrogens is 230 g/mol. The van der Waals surface area contributed by atoms with E-state index in [0.717, 1.165) is 12.8 Å². The zero-order valence-electron chi connectivity index (χ0n) is 11.0. The third-order valence-corrected chi connectivity index (χ3v) is 3.84. The molecule has 1 aliphatic rings. The number of allylic oxidation sites excluding steroid dienone is 1. The van der Waals surface area contributed by atoms with Crippen molar-refractivity contribution in [1.82, 2.24) is 0 Å². The van der Waals surface area contributed by atoms with Gasteiger partial charge in [0.15, 0.2) is 0 Å². The Morgan fingerprint density at radius 1 is 0.789 bits per heavy atom. The van der Waals surface area contributed by atoms with Crippen LogP contribution in [0.3, 0.4) is 0 Å². The van der Waals surface area contributed by atoms with Crippen molar-refractivity contribution in [1.29, 1.82) is 0 Å². The van der Waals surface area contributed by atoms with E-state index in [0.29, 0.717) is 0 Å². The van der Waals surface area contributed by atoms with Crippen LogP contribution in [0.2, 0.25) is 0 Å². The van der Waals surface area contributed by atoms with Crippen LogP contribution >= 0.6 is 0 Å². The maximum Gasteiger partial charge on any atom is 0.0303 e. The molecule has 1 unspecified atom stereocenters. The monoisotopic (exact) mass is 249 g/mol. The first-order chi connectivity index (χ1) is 9.36. The summed E-state index contributed by atoms with van der Waals surface area (Å²) < 4.78 is 0. The highest BCUT2D eigenvalue weighted by molar-refractivity contribution is 5.93. The first-order valence-electron chi connectivity index (χ1n) is 6.96. The lowest BCUT2D eigenvalue weighted by molar-refractivity contribution is 0.668. The van der Waals surface area contributed by atoms with E-state index in [9.17, 15) is 0 Å². The topological polar surface area (TPSA) is 26.0 Å². The molecule has 1 atom stereocenters. The summed E-state index contributed by atoms with van der Waals surface area (Å²) in [4.78, 5) is 0. The average Bonchev–Trinajstić information content (AvgIpc) is 2.49. The lowest BCUT2D eigenvalue weighted by Gasteiger charge is -2.26. The molecule has 1 aliphatic carbocycles. The lowest BCUT2D eigenvalue weighted by atomic mass is 9.81. The molecule has 0 bridgehead atoms. The first kappa shape index (κ1) is 12.2. The molecule has 1 heteroatoms. The van der Waals surface area contributed by atoms with Gasteiger partial charge in [0, 0.05) is 6.04 Å². The van der Waals surface area contributed by atoms with Gasteiger partial charge in [0.1, 0.15) is 0 Å². The van der Waals surface area contributed by atoms with Crippen molar-refractivity contribution in [2.24, 2.45) is 5.73 Å². The maximum absolute atomic E-state index is 6.38. The van der Waals surface area contributed by atoms with Crippen LogP contribution in [-0.2, 0) is 0 Å². The molecule has 19 heavy (non-hydrogen) atoms. The molecule has 0 heterocycles. The van der Waals surface area contributed by atoms with E-state index < -0.39 is 0 Å². The Labute approximate surface area is 114 Å². The van der Waals surface area contributed by atoms with E-state index in [1.165, 1.54) is 28.7 Å². The SMILES string of the molecule is NC1CCCC(c2ccccc2)=C1c1ccccc1. The van der Waals surface area contributed by atoms with Gasteiger partial charge < -0.3 is 5.73 Å². The second kappa shape index (κ2) is 5.41. The summed E-state index contributed by atoms with van der Waals surface area (Å²) in [5, 5.41) is 0. The number of benzene rings is 2. The first-order valence-corrected chi connectivity index (χ1v) is 6.96. The summed E-state index contributed by atoms with van der Waals surface area (Å²) in [6.45, 7) is 0. The highest BCUT2D eigenvalue weighted by atomic mass is 14.6. The molecular formula is C18H19N. The van der Waals surface area contributed by atoms with Gasteiger partial charge in [-0.1, -0.05) is 60.7 Å². The van der Waals surface area contributed by atoms with Crippen LogP contribution in [-0.4, -0.2) is 6.04 Å². The largest absolute Gasteiger partial charge is 0.324 e. The Morgan fingerprint density at radius 2 is 1.37 bits per heavy atom. The van der Waals surface area contributed by atoms with Crippen molar-refractivity contribution in [3.05, 3.63) is 71.8 Å². The molecule has 1 nitrogen and oxygen atoms in total. The minimum atomic E-state index is 0.159. The molecule has 0 radical (unpaired) electrons. The molecule has 0 aliphatic heterocycles. The Kier molecular flexibility index (Phi) is 3.47. The van der Waals surface area contributed by atoms with Crippen molar-refractivity contribution in [3.8, 4) is 0 Å². The standard InChI is InChI=1S/C18H19N/c19-17-13-7-12-16(14-8-3-1-4-9-14)18(17)15-10-5-2-6-11-15/h1-6,8-11,17H,7,12-13,19H2. The molecule has 0 amide bonds. The van der Waals surface area contributed by atoms with Gasteiger partial charge in [0.05, 0.1) is 0 Å². The minimum absolute atomic E-state index is 0.159. The summed E-state index contributed by atoms with van der Waals surface area (Å²) in [7, 11) is 0. The van der Waals surface area contributed by atoms with Crippen molar-refractivity contribution in [2.45, 2.75) is 25.3 Å². The van der Waals surface area contributed by atoms with Crippen molar-refractivity contribution in [2.75, 3.05) is 0 Å². The van der Waals surface area contributed by atoms with Crippen LogP contribution in [0.1, 0.15) is 30.4 Å². The Balaban J connectivity index is 2.15. The van der Waals surface area contributed by atoms with Crippen molar-refractivity contribution >= 4 is 11.1 Å². The molecule has 0 saturated heterocycles. The van der Waals surface area contributed by atoms with Crippen LogP contribution in [0.4, 0.5) is 0 Å². The summed E-state index contributed by atoms with van der Waals surface area (Å²) in [6.07, 6.45) is 3.39. The molecule has 2 aromatic carbocycles. The van der Waals surface area contributed by atoms with Gasteiger partial charge >= 0.3 is 0 Å². The molecule has 3 rings (SSSR count). The molecule has 2 N–H and O–H groups in total. The van der Waals surface area contributed by atoms with Crippen LogP contribution in [0.25, 0.3) is 11.1 Å². The Hall–Kier alpha value is -1.86. The summed E-state index contributed by atoms with van der Waals surface area (Å²) in [5.41, 5.74) is 11.7. The van der Waals surface area contributed by atoms with Gasteiger partial charge in [-0.3, -0.25) is 0 Å². The van der Waals surface area contributed by atoms with Gasteiger partial charge in [-0.05, 0) is 41.5 Å². The number of hydrogen-bond acceptors (Lipinski definition) is 1. The van der Waals surface area contributed by atoms with Gasteiger partial charge in [0.25, 0.3) is 0 Å². The third kappa shape index (κ3) is 2.47. The summed E-state index contributed by atoms with van der Waals surface area (Å²) in [5.74, 6) is 0. The number of nitrogens with two attached hydrogens (primary N) is 1. The molecule has 0 fully saturated rings. The zero-order valence-corrected chi connectivity index (χ0v) is 11.0. The Morgan fingerprint density at radius 3 is 2.00 bits per heavy atom. The van der Waals surface area contributed by atoms with E-state index in [4.69, 9.17) is 5.73 Å². The van der Waals surface area contributed by atoms with E-state index in [2.05, 4.69) is 60.7 Å². The normalized spacial score (nSPS) is 19.5. The van der Waals surface area contributed by atoms with E-state index in [1.54, 1.807) is 0 Å². The highest BCUT2D eigenvalue weighted by Crippen LogP contribution is 2.37. The van der Waals surface area contributed by atoms with Crippen molar-refractivity contribution < 1.29 is 0 Å². The average molecular weight is 249 g/mol. The minimum Gasteiger partial charge on any atom is -0.324 e. The quantitative estimate of drug-likeness (QED) is 0.851. The predicted molar refractivity (Wildman–Crippen MR) is 81.5 cm³/mol. The molecule has 96 valence electrons. The van der Waals surface area contributed by atoms with Gasteiger partial charge in [0.2, 0.25) is 0 Å². The van der Waals surface area contributed by atoms with E-state index >= 15 is 0 Å². The van der Waals surface area contributed by atoms with E-state index in [1.807, 2.05) is 0 Å². The number of hydrogen-bond donors (Lipinski definition) is 1. The highest BCUT2D eigenvalue weighted by Gasteiger charge is 2.21. The fourth-order valence-electron chi connectivity index (χ4n) is 2.95. The van der Waals surface area contributed by atoms with Crippen LogP contribution in [0.5, 0.6) is 0 Å². The summed E-state index contributed by atoms with van der Waals surface area (Å²) in [6, 6.07) is 21.4. The fourth-order valence-corrected chi connectivity index (χ4v) is 2.95. The van der Waals surface area contributed by atoms with E-state index in [-0.39, 0.29) is 6.04 Å². The lowest BCUT2D eigenvalue weighted by Crippen LogP contribution is -2.25. The van der Waals surface area contributed by atoms with Crippen LogP contribution < -0.4 is 5.73 Å². The zero-order chi connectivity index (χ0) is 13.1. The molecule has 0 saturated carbocycles. The second-order valence-electron chi connectivity index (χ2n) is 5.12.